The molecule has 0 saturated carbocycles. The number of hydrogen-bond acceptors (Lipinski definition) is 4. The number of imide groups is 1. The molecule has 0 aliphatic carbocycles. The minimum Gasteiger partial charge on any atom is -0.463 e. The lowest BCUT2D eigenvalue weighted by atomic mass is 10.1. The van der Waals surface area contributed by atoms with Crippen molar-refractivity contribution >= 4 is 18.0 Å². The van der Waals surface area contributed by atoms with Gasteiger partial charge in [-0.05, 0) is 6.92 Å². The smallest absolute Gasteiger partial charge is 0.337 e. The molecule has 16 heavy (non-hydrogen) atoms. The van der Waals surface area contributed by atoms with Gasteiger partial charge >= 0.3 is 18.0 Å². The van der Waals surface area contributed by atoms with Gasteiger partial charge in [0.05, 0.1) is 31.0 Å². The van der Waals surface area contributed by atoms with Gasteiger partial charge < -0.3 is 15.4 Å². The van der Waals surface area contributed by atoms with E-state index in [2.05, 4.69) is 10.6 Å². The number of carbonyl (C=O) groups excluding carboxylic acids is 3. The number of carbonyl (C=O) groups is 3. The molecule has 0 aromatic rings. The Balaban J connectivity index is 2.34. The fraction of sp³-hybridized carbons (Fsp3) is 0.444. The predicted molar refractivity (Wildman–Crippen MR) is 52.3 cm³/mol. The van der Waals surface area contributed by atoms with E-state index in [0.717, 1.165) is 4.90 Å². The summed E-state index contributed by atoms with van der Waals surface area (Å²) < 4.78 is 4.85. The molecule has 7 heteroatoms. The Kier molecular flexibility index (Phi) is 2.51. The lowest BCUT2D eigenvalue weighted by molar-refractivity contribution is -0.138. The number of rotatable bonds is 2. The Morgan fingerprint density at radius 3 is 2.56 bits per heavy atom. The quantitative estimate of drug-likeness (QED) is 0.623. The van der Waals surface area contributed by atoms with Crippen molar-refractivity contribution in [3.05, 3.63) is 11.3 Å². The van der Waals surface area contributed by atoms with Crippen molar-refractivity contribution in [2.75, 3.05) is 19.7 Å². The van der Waals surface area contributed by atoms with Gasteiger partial charge in [0.15, 0.2) is 0 Å². The van der Waals surface area contributed by atoms with Gasteiger partial charge in [-0.2, -0.15) is 0 Å². The summed E-state index contributed by atoms with van der Waals surface area (Å²) in [7, 11) is 0. The highest BCUT2D eigenvalue weighted by Gasteiger charge is 2.38. The van der Waals surface area contributed by atoms with Gasteiger partial charge in [-0.15, -0.1) is 0 Å². The van der Waals surface area contributed by atoms with Crippen LogP contribution in [0, 0.1) is 0 Å². The second kappa shape index (κ2) is 3.84. The van der Waals surface area contributed by atoms with Gasteiger partial charge in [0.1, 0.15) is 0 Å². The minimum absolute atomic E-state index is 0.0957. The Bertz CT molecular complexity index is 402. The Labute approximate surface area is 91.4 Å². The summed E-state index contributed by atoms with van der Waals surface area (Å²) >= 11 is 0. The number of ether oxygens (including phenoxy) is 1. The first-order chi connectivity index (χ1) is 7.65. The highest BCUT2D eigenvalue weighted by Crippen LogP contribution is 2.20. The van der Waals surface area contributed by atoms with Crippen molar-refractivity contribution in [1.29, 1.82) is 0 Å². The first-order valence-electron chi connectivity index (χ1n) is 4.90. The third-order valence-corrected chi connectivity index (χ3v) is 2.37. The van der Waals surface area contributed by atoms with Crippen molar-refractivity contribution in [2.24, 2.45) is 0 Å². The maximum absolute atomic E-state index is 11.6. The standard InChI is InChI=1S/C9H11N3O4/c1-2-16-7(13)5-3-10-8(14)12-6(5)4-11-9(12)15/h2-4H2,1H3,(H,10,14)(H,11,15). The number of fused-ring (bicyclic) bond motifs is 1. The molecule has 2 heterocycles. The molecule has 1 fully saturated rings. The number of esters is 1. The van der Waals surface area contributed by atoms with Crippen LogP contribution < -0.4 is 10.6 Å². The molecule has 0 atom stereocenters. The van der Waals surface area contributed by atoms with Crippen molar-refractivity contribution in [3.63, 3.8) is 0 Å². The average molecular weight is 225 g/mol. The SMILES string of the molecule is CCOC(=O)C1=C2CNC(=O)N2C(=O)NC1. The zero-order valence-electron chi connectivity index (χ0n) is 8.70. The molecule has 0 aromatic carbocycles. The molecule has 1 saturated heterocycles. The van der Waals surface area contributed by atoms with Crippen LogP contribution in [-0.4, -0.2) is 42.6 Å². The predicted octanol–water partition coefficient (Wildman–Crippen LogP) is -0.448. The van der Waals surface area contributed by atoms with E-state index in [9.17, 15) is 14.4 Å². The monoisotopic (exact) mass is 225 g/mol. The molecule has 4 amide bonds. The number of urea groups is 2. The maximum Gasteiger partial charge on any atom is 0.337 e. The first-order valence-corrected chi connectivity index (χ1v) is 4.90. The van der Waals surface area contributed by atoms with Gasteiger partial charge in [0, 0.05) is 0 Å². The van der Waals surface area contributed by atoms with Crippen LogP contribution in [0.4, 0.5) is 9.59 Å². The van der Waals surface area contributed by atoms with E-state index in [1.54, 1.807) is 6.92 Å². The van der Waals surface area contributed by atoms with Crippen molar-refractivity contribution in [2.45, 2.75) is 6.92 Å². The van der Waals surface area contributed by atoms with E-state index in [1.165, 1.54) is 0 Å². The molecular formula is C9H11N3O4. The highest BCUT2D eigenvalue weighted by atomic mass is 16.5. The number of nitrogens with one attached hydrogen (secondary N) is 2. The summed E-state index contributed by atoms with van der Waals surface area (Å²) in [6.07, 6.45) is 0. The molecule has 2 aliphatic rings. The Morgan fingerprint density at radius 2 is 1.94 bits per heavy atom. The number of nitrogens with zero attached hydrogens (tertiary/aromatic N) is 1. The summed E-state index contributed by atoms with van der Waals surface area (Å²) in [5, 5.41) is 4.92. The van der Waals surface area contributed by atoms with Crippen LogP contribution in [0.25, 0.3) is 0 Å². The molecule has 2 N–H and O–H groups in total. The normalized spacial score (nSPS) is 19.2. The van der Waals surface area contributed by atoms with Crippen molar-refractivity contribution in [1.82, 2.24) is 15.5 Å². The molecular weight excluding hydrogens is 214 g/mol. The minimum atomic E-state index is -0.519. The topological polar surface area (TPSA) is 87.7 Å². The van der Waals surface area contributed by atoms with Crippen molar-refractivity contribution in [3.8, 4) is 0 Å². The van der Waals surface area contributed by atoms with Gasteiger partial charge in [-0.3, -0.25) is 0 Å². The molecule has 0 bridgehead atoms. The van der Waals surface area contributed by atoms with Gasteiger partial charge in [-0.1, -0.05) is 0 Å². The second-order valence-electron chi connectivity index (χ2n) is 3.30. The number of hydrogen-bond donors (Lipinski definition) is 2. The molecule has 2 aliphatic heterocycles. The fourth-order valence-electron chi connectivity index (χ4n) is 1.65. The molecule has 0 aromatic heterocycles. The zero-order chi connectivity index (χ0) is 11.7. The van der Waals surface area contributed by atoms with Crippen LogP contribution in [0.2, 0.25) is 0 Å². The third kappa shape index (κ3) is 1.50. The van der Waals surface area contributed by atoms with Crippen LogP contribution in [0.1, 0.15) is 6.92 Å². The summed E-state index contributed by atoms with van der Waals surface area (Å²) in [4.78, 5) is 35.2. The summed E-state index contributed by atoms with van der Waals surface area (Å²) in [6.45, 7) is 2.23. The lowest BCUT2D eigenvalue weighted by Crippen LogP contribution is -2.47. The zero-order valence-corrected chi connectivity index (χ0v) is 8.70. The Hall–Kier alpha value is -2.05. The molecule has 0 radical (unpaired) electrons. The summed E-state index contributed by atoms with van der Waals surface area (Å²) in [6, 6.07) is -1.04. The van der Waals surface area contributed by atoms with Crippen LogP contribution in [0.3, 0.4) is 0 Å². The van der Waals surface area contributed by atoms with Crippen LogP contribution in [0.15, 0.2) is 11.3 Å². The first kappa shape index (κ1) is 10.5. The average Bonchev–Trinajstić information content (AvgIpc) is 2.62. The van der Waals surface area contributed by atoms with E-state index >= 15 is 0 Å². The molecule has 2 rings (SSSR count). The maximum atomic E-state index is 11.6. The molecule has 0 spiro atoms. The van der Waals surface area contributed by atoms with Crippen LogP contribution in [-0.2, 0) is 9.53 Å². The molecule has 0 unspecified atom stereocenters. The van der Waals surface area contributed by atoms with Crippen LogP contribution in [0.5, 0.6) is 0 Å². The molecule has 86 valence electrons. The molecule has 7 nitrogen and oxygen atoms in total. The van der Waals surface area contributed by atoms with E-state index in [4.69, 9.17) is 4.74 Å². The van der Waals surface area contributed by atoms with E-state index in [0.29, 0.717) is 11.3 Å². The fourth-order valence-corrected chi connectivity index (χ4v) is 1.65. The summed E-state index contributed by atoms with van der Waals surface area (Å²) in [5.74, 6) is -0.501. The highest BCUT2D eigenvalue weighted by molar-refractivity contribution is 6.03. The van der Waals surface area contributed by atoms with E-state index in [1.807, 2.05) is 0 Å². The van der Waals surface area contributed by atoms with Gasteiger partial charge in [-0.25, -0.2) is 19.3 Å². The third-order valence-electron chi connectivity index (χ3n) is 2.37. The van der Waals surface area contributed by atoms with E-state index < -0.39 is 18.0 Å². The second-order valence-corrected chi connectivity index (χ2v) is 3.30. The Morgan fingerprint density at radius 1 is 1.31 bits per heavy atom. The van der Waals surface area contributed by atoms with Gasteiger partial charge in [0.25, 0.3) is 0 Å². The van der Waals surface area contributed by atoms with Gasteiger partial charge in [0.2, 0.25) is 0 Å². The summed E-state index contributed by atoms with van der Waals surface area (Å²) in [5.41, 5.74) is 0.701. The van der Waals surface area contributed by atoms with E-state index in [-0.39, 0.29) is 19.7 Å². The van der Waals surface area contributed by atoms with Crippen LogP contribution >= 0.6 is 0 Å². The lowest BCUT2D eigenvalue weighted by Gasteiger charge is -2.23. The largest absolute Gasteiger partial charge is 0.463 e. The van der Waals surface area contributed by atoms with Crippen molar-refractivity contribution < 1.29 is 19.1 Å². The number of amides is 4.